The van der Waals surface area contributed by atoms with Crippen molar-refractivity contribution in [3.05, 3.63) is 75.6 Å². The van der Waals surface area contributed by atoms with Gasteiger partial charge >= 0.3 is 0 Å². The number of nitrogens with zero attached hydrogens (tertiary/aromatic N) is 6. The van der Waals surface area contributed by atoms with E-state index in [1.54, 1.807) is 16.8 Å². The highest BCUT2D eigenvalue weighted by molar-refractivity contribution is 6.33. The van der Waals surface area contributed by atoms with Gasteiger partial charge in [-0.2, -0.15) is 10.1 Å². The van der Waals surface area contributed by atoms with Gasteiger partial charge in [0.05, 0.1) is 22.3 Å². The van der Waals surface area contributed by atoms with Crippen molar-refractivity contribution in [3.63, 3.8) is 0 Å². The summed E-state index contributed by atoms with van der Waals surface area (Å²) in [5, 5.41) is 5.15. The van der Waals surface area contributed by atoms with Crippen LogP contribution in [0.3, 0.4) is 0 Å². The van der Waals surface area contributed by atoms with Crippen molar-refractivity contribution in [1.29, 1.82) is 0 Å². The Balaban J connectivity index is 1.79. The maximum Gasteiger partial charge on any atom is 0.284 e. The Bertz CT molecular complexity index is 1460. The van der Waals surface area contributed by atoms with Crippen LogP contribution in [-0.2, 0) is 0 Å². The number of hydrogen-bond donors (Lipinski definition) is 1. The van der Waals surface area contributed by atoms with E-state index in [0.717, 1.165) is 0 Å². The van der Waals surface area contributed by atoms with Crippen LogP contribution in [0.4, 0.5) is 11.8 Å². The Morgan fingerprint density at radius 1 is 1.21 bits per heavy atom. The molecule has 0 radical (unpaired) electrons. The first-order chi connectivity index (χ1) is 15.7. The molecule has 1 fully saturated rings. The van der Waals surface area contributed by atoms with Crippen LogP contribution in [-0.4, -0.2) is 36.5 Å². The van der Waals surface area contributed by atoms with E-state index in [2.05, 4.69) is 23.8 Å². The van der Waals surface area contributed by atoms with Crippen LogP contribution in [0.15, 0.2) is 53.6 Å². The largest absolute Gasteiger partial charge is 0.368 e. The minimum Gasteiger partial charge on any atom is -0.368 e. The van der Waals surface area contributed by atoms with Crippen LogP contribution in [0.5, 0.6) is 0 Å². The second-order valence-electron chi connectivity index (χ2n) is 8.83. The van der Waals surface area contributed by atoms with Gasteiger partial charge < -0.3 is 10.6 Å². The topological polar surface area (TPSA) is 111 Å². The first-order valence-electron chi connectivity index (χ1n) is 10.4. The minimum atomic E-state index is -0.372. The van der Waals surface area contributed by atoms with Gasteiger partial charge in [0.25, 0.3) is 5.56 Å². The number of benzene rings is 1. The number of aromatic nitrogens is 5. The lowest BCUT2D eigenvalue weighted by atomic mass is 9.74. The fourth-order valence-electron chi connectivity index (χ4n) is 4.52. The number of carbonyl (C=O) groups is 1. The number of para-hydroxylation sites is 1. The standard InChI is InChI=1S/C23H22ClN7O2/c1-13(32)15-11-26-22(25)27-19(15)29-12-23(2,3)18(29)20-28-30-10-9-16(24)17(30)21(33)31(20)14-7-5-4-6-8-14/h4-11,18H,12H2,1-3H3,(H2,25,26,27)/t18-/m0/s1. The first-order valence-corrected chi connectivity index (χ1v) is 10.8. The van der Waals surface area contributed by atoms with Crippen LogP contribution < -0.4 is 16.2 Å². The summed E-state index contributed by atoms with van der Waals surface area (Å²) >= 11 is 6.32. The molecular formula is C23H22ClN7O2. The Labute approximate surface area is 194 Å². The third-order valence-corrected chi connectivity index (χ3v) is 6.29. The molecule has 168 valence electrons. The highest BCUT2D eigenvalue weighted by atomic mass is 35.5. The van der Waals surface area contributed by atoms with Gasteiger partial charge in [-0.15, -0.1) is 0 Å². The fraction of sp³-hybridized carbons (Fsp3) is 0.261. The summed E-state index contributed by atoms with van der Waals surface area (Å²) in [6.45, 7) is 6.22. The predicted molar refractivity (Wildman–Crippen MR) is 126 cm³/mol. The first kappa shape index (κ1) is 21.1. The highest BCUT2D eigenvalue weighted by Crippen LogP contribution is 2.50. The molecule has 1 saturated heterocycles. The van der Waals surface area contributed by atoms with Crippen molar-refractivity contribution in [1.82, 2.24) is 24.1 Å². The van der Waals surface area contributed by atoms with Crippen molar-refractivity contribution in [2.75, 3.05) is 17.2 Å². The minimum absolute atomic E-state index is 0.0690. The predicted octanol–water partition coefficient (Wildman–Crippen LogP) is 3.30. The number of halogens is 1. The van der Waals surface area contributed by atoms with Gasteiger partial charge in [-0.25, -0.2) is 9.50 Å². The second kappa shape index (κ2) is 7.41. The molecule has 1 atom stereocenters. The smallest absolute Gasteiger partial charge is 0.284 e. The van der Waals surface area contributed by atoms with Crippen molar-refractivity contribution in [3.8, 4) is 5.69 Å². The highest BCUT2D eigenvalue weighted by Gasteiger charge is 2.51. The van der Waals surface area contributed by atoms with E-state index in [1.165, 1.54) is 17.6 Å². The molecule has 1 aliphatic rings. The molecule has 0 unspecified atom stereocenters. The zero-order chi connectivity index (χ0) is 23.5. The monoisotopic (exact) mass is 463 g/mol. The zero-order valence-corrected chi connectivity index (χ0v) is 19.1. The normalized spacial score (nSPS) is 17.2. The van der Waals surface area contributed by atoms with Crippen LogP contribution in [0.2, 0.25) is 5.02 Å². The summed E-state index contributed by atoms with van der Waals surface area (Å²) < 4.78 is 3.09. The molecule has 4 heterocycles. The molecular weight excluding hydrogens is 442 g/mol. The maximum absolute atomic E-state index is 13.7. The van der Waals surface area contributed by atoms with Gasteiger partial charge in [0.1, 0.15) is 11.3 Å². The van der Waals surface area contributed by atoms with Gasteiger partial charge in [-0.1, -0.05) is 43.6 Å². The Morgan fingerprint density at radius 3 is 2.61 bits per heavy atom. The molecule has 9 nitrogen and oxygen atoms in total. The van der Waals surface area contributed by atoms with Gasteiger partial charge in [0.15, 0.2) is 11.6 Å². The van der Waals surface area contributed by atoms with Crippen LogP contribution >= 0.6 is 11.6 Å². The number of hydrogen-bond acceptors (Lipinski definition) is 7. The lowest BCUT2D eigenvalue weighted by molar-refractivity contribution is 0.101. The number of Topliss-reactive ketones (excluding diaryl/α,β-unsaturated/α-hetero) is 1. The third kappa shape index (κ3) is 3.27. The Kier molecular flexibility index (Phi) is 4.75. The van der Waals surface area contributed by atoms with E-state index >= 15 is 0 Å². The Hall–Kier alpha value is -3.72. The number of fused-ring (bicyclic) bond motifs is 1. The summed E-state index contributed by atoms with van der Waals surface area (Å²) in [5.74, 6) is 0.835. The number of rotatable bonds is 4. The fourth-order valence-corrected chi connectivity index (χ4v) is 4.74. The molecule has 0 bridgehead atoms. The van der Waals surface area contributed by atoms with E-state index in [4.69, 9.17) is 22.4 Å². The van der Waals surface area contributed by atoms with Crippen molar-refractivity contribution in [2.45, 2.75) is 26.8 Å². The van der Waals surface area contributed by atoms with Crippen molar-refractivity contribution < 1.29 is 4.79 Å². The molecule has 1 aromatic carbocycles. The van der Waals surface area contributed by atoms with Crippen molar-refractivity contribution >= 4 is 34.7 Å². The zero-order valence-electron chi connectivity index (χ0n) is 18.4. The lowest BCUT2D eigenvalue weighted by Crippen LogP contribution is -2.58. The van der Waals surface area contributed by atoms with Gasteiger partial charge in [-0.3, -0.25) is 14.2 Å². The molecule has 5 rings (SSSR count). The van der Waals surface area contributed by atoms with Gasteiger partial charge in [-0.05, 0) is 25.1 Å². The average molecular weight is 464 g/mol. The quantitative estimate of drug-likeness (QED) is 0.462. The SMILES string of the molecule is CC(=O)c1cnc(N)nc1N1CC(C)(C)[C@@H]1c1nn2ccc(Cl)c2c(=O)n1-c1ccccc1. The van der Waals surface area contributed by atoms with Gasteiger partial charge in [0, 0.05) is 24.4 Å². The summed E-state index contributed by atoms with van der Waals surface area (Å²) in [6.07, 6.45) is 3.10. The molecule has 33 heavy (non-hydrogen) atoms. The third-order valence-electron chi connectivity index (χ3n) is 5.99. The summed E-state index contributed by atoms with van der Waals surface area (Å²) in [6, 6.07) is 10.6. The van der Waals surface area contributed by atoms with Crippen LogP contribution in [0.25, 0.3) is 11.2 Å². The molecule has 0 saturated carbocycles. The number of ketones is 1. The summed E-state index contributed by atoms with van der Waals surface area (Å²) in [7, 11) is 0. The number of anilines is 2. The van der Waals surface area contributed by atoms with Gasteiger partial charge in [0.2, 0.25) is 5.95 Å². The maximum atomic E-state index is 13.7. The molecule has 3 aromatic heterocycles. The molecule has 2 N–H and O–H groups in total. The Morgan fingerprint density at radius 2 is 1.94 bits per heavy atom. The molecule has 10 heteroatoms. The summed E-state index contributed by atoms with van der Waals surface area (Å²) in [4.78, 5) is 36.3. The second-order valence-corrected chi connectivity index (χ2v) is 9.24. The van der Waals surface area contributed by atoms with Crippen LogP contribution in [0, 0.1) is 5.41 Å². The van der Waals surface area contributed by atoms with E-state index in [9.17, 15) is 9.59 Å². The molecule has 0 aliphatic carbocycles. The molecule has 0 spiro atoms. The number of nitrogens with two attached hydrogens (primary N) is 1. The molecule has 4 aromatic rings. The average Bonchev–Trinajstić information content (AvgIpc) is 3.13. The number of carbonyl (C=O) groups excluding carboxylic acids is 1. The molecule has 0 amide bonds. The molecule has 1 aliphatic heterocycles. The van der Waals surface area contributed by atoms with E-state index in [0.29, 0.717) is 40.0 Å². The van der Waals surface area contributed by atoms with Crippen molar-refractivity contribution in [2.24, 2.45) is 5.41 Å². The van der Waals surface area contributed by atoms with E-state index in [-0.39, 0.29) is 28.7 Å². The lowest BCUT2D eigenvalue weighted by Gasteiger charge is -2.54. The summed E-state index contributed by atoms with van der Waals surface area (Å²) in [5.41, 5.74) is 6.63. The number of nitrogen functional groups attached to an aromatic ring is 1. The van der Waals surface area contributed by atoms with Crippen LogP contribution in [0.1, 0.15) is 43.0 Å². The van der Waals surface area contributed by atoms with E-state index < -0.39 is 0 Å². The van der Waals surface area contributed by atoms with E-state index in [1.807, 2.05) is 35.2 Å².